The van der Waals surface area contributed by atoms with Gasteiger partial charge in [-0.1, -0.05) is 78.9 Å². The Kier molecular flexibility index (Phi) is 4.67. The average molecular weight is 345 g/mol. The van der Waals surface area contributed by atoms with Gasteiger partial charge in [-0.25, -0.2) is 4.79 Å². The first-order valence-electron chi connectivity index (χ1n) is 8.59. The van der Waals surface area contributed by atoms with E-state index >= 15 is 0 Å². The lowest BCUT2D eigenvalue weighted by atomic mass is 9.98. The van der Waals surface area contributed by atoms with Gasteiger partial charge in [-0.05, 0) is 27.8 Å². The number of hydrogen-bond acceptors (Lipinski definition) is 3. The largest absolute Gasteiger partial charge is 0.447 e. The van der Waals surface area contributed by atoms with Crippen molar-refractivity contribution < 1.29 is 14.4 Å². The molecule has 1 amide bonds. The van der Waals surface area contributed by atoms with Crippen LogP contribution in [0.2, 0.25) is 0 Å². The Labute approximate surface area is 152 Å². The van der Waals surface area contributed by atoms with Gasteiger partial charge in [0.25, 0.3) is 0 Å². The number of hydroxylamine groups is 1. The standard InChI is InChI=1S/C22H19NO3/c24-22(23-26-14-16-8-2-1-3-9-16)25-15-21-19-12-6-4-10-17(19)18-11-5-7-13-20(18)21/h1-13,21H,14-15H2,(H,23,24). The highest BCUT2D eigenvalue weighted by atomic mass is 16.7. The fourth-order valence-corrected chi connectivity index (χ4v) is 3.38. The van der Waals surface area contributed by atoms with E-state index in [-0.39, 0.29) is 12.5 Å². The Morgan fingerprint density at radius 3 is 2.04 bits per heavy atom. The van der Waals surface area contributed by atoms with Crippen molar-refractivity contribution in [3.8, 4) is 11.1 Å². The molecule has 3 aromatic carbocycles. The molecule has 0 saturated heterocycles. The van der Waals surface area contributed by atoms with Gasteiger partial charge in [-0.3, -0.25) is 4.84 Å². The van der Waals surface area contributed by atoms with Crippen LogP contribution < -0.4 is 5.48 Å². The van der Waals surface area contributed by atoms with E-state index in [0.29, 0.717) is 6.61 Å². The summed E-state index contributed by atoms with van der Waals surface area (Å²) in [4.78, 5) is 17.2. The molecule has 1 aliphatic carbocycles. The molecule has 0 saturated carbocycles. The van der Waals surface area contributed by atoms with Crippen LogP contribution in [-0.4, -0.2) is 12.7 Å². The molecule has 0 spiro atoms. The first-order chi connectivity index (χ1) is 12.8. The highest BCUT2D eigenvalue weighted by Gasteiger charge is 2.28. The molecule has 4 rings (SSSR count). The van der Waals surface area contributed by atoms with Crippen molar-refractivity contribution in [2.45, 2.75) is 12.5 Å². The summed E-state index contributed by atoms with van der Waals surface area (Å²) in [6.07, 6.45) is -0.581. The van der Waals surface area contributed by atoms with Crippen molar-refractivity contribution in [3.63, 3.8) is 0 Å². The van der Waals surface area contributed by atoms with Gasteiger partial charge in [0, 0.05) is 5.92 Å². The Morgan fingerprint density at radius 1 is 0.808 bits per heavy atom. The molecular weight excluding hydrogens is 326 g/mol. The van der Waals surface area contributed by atoms with Gasteiger partial charge >= 0.3 is 6.09 Å². The fourth-order valence-electron chi connectivity index (χ4n) is 3.38. The van der Waals surface area contributed by atoms with Crippen molar-refractivity contribution in [2.24, 2.45) is 0 Å². The summed E-state index contributed by atoms with van der Waals surface area (Å²) in [6, 6.07) is 26.1. The van der Waals surface area contributed by atoms with Crippen LogP contribution in [0, 0.1) is 0 Å². The predicted octanol–water partition coefficient (Wildman–Crippen LogP) is 4.66. The number of fused-ring (bicyclic) bond motifs is 3. The number of carbonyl (C=O) groups is 1. The summed E-state index contributed by atoms with van der Waals surface area (Å²) < 4.78 is 5.40. The lowest BCUT2D eigenvalue weighted by Crippen LogP contribution is -2.26. The molecule has 0 aliphatic heterocycles. The zero-order valence-electron chi connectivity index (χ0n) is 14.2. The molecule has 0 unspecified atom stereocenters. The SMILES string of the molecule is O=C(NOCc1ccccc1)OCC1c2ccccc2-c2ccccc21. The van der Waals surface area contributed by atoms with E-state index in [1.54, 1.807) is 0 Å². The number of carbonyl (C=O) groups excluding carboxylic acids is 1. The summed E-state index contributed by atoms with van der Waals surface area (Å²) in [5, 5.41) is 0. The van der Waals surface area contributed by atoms with Crippen molar-refractivity contribution in [2.75, 3.05) is 6.61 Å². The van der Waals surface area contributed by atoms with Crippen molar-refractivity contribution in [1.29, 1.82) is 0 Å². The summed E-state index contributed by atoms with van der Waals surface area (Å²) in [5.41, 5.74) is 8.11. The monoisotopic (exact) mass is 345 g/mol. The van der Waals surface area contributed by atoms with Gasteiger partial charge in [0.2, 0.25) is 0 Å². The molecule has 1 aliphatic rings. The maximum atomic E-state index is 12.0. The number of rotatable bonds is 5. The molecule has 0 radical (unpaired) electrons. The van der Waals surface area contributed by atoms with E-state index in [9.17, 15) is 4.79 Å². The first kappa shape index (κ1) is 16.4. The second-order valence-electron chi connectivity index (χ2n) is 6.20. The third kappa shape index (κ3) is 3.32. The molecule has 0 heterocycles. The molecule has 0 fully saturated rings. The molecule has 4 nitrogen and oxygen atoms in total. The third-order valence-electron chi connectivity index (χ3n) is 4.58. The second kappa shape index (κ2) is 7.42. The summed E-state index contributed by atoms with van der Waals surface area (Å²) in [6.45, 7) is 0.569. The van der Waals surface area contributed by atoms with Gasteiger partial charge in [0.05, 0.1) is 6.61 Å². The minimum atomic E-state index is -0.581. The highest BCUT2D eigenvalue weighted by molar-refractivity contribution is 5.79. The number of nitrogens with one attached hydrogen (secondary N) is 1. The van der Waals surface area contributed by atoms with E-state index in [4.69, 9.17) is 9.57 Å². The quantitative estimate of drug-likeness (QED) is 0.684. The summed E-state index contributed by atoms with van der Waals surface area (Å²) in [7, 11) is 0. The van der Waals surface area contributed by atoms with Gasteiger partial charge in [0.1, 0.15) is 6.61 Å². The number of hydrogen-bond donors (Lipinski definition) is 1. The number of ether oxygens (including phenoxy) is 1. The molecule has 4 heteroatoms. The van der Waals surface area contributed by atoms with E-state index in [0.717, 1.165) is 5.56 Å². The molecule has 0 bridgehead atoms. The molecule has 3 aromatic rings. The van der Waals surface area contributed by atoms with Crippen LogP contribution in [0.1, 0.15) is 22.6 Å². The second-order valence-corrected chi connectivity index (χ2v) is 6.20. The highest BCUT2D eigenvalue weighted by Crippen LogP contribution is 2.44. The van der Waals surface area contributed by atoms with Crippen molar-refractivity contribution >= 4 is 6.09 Å². The van der Waals surface area contributed by atoms with Crippen LogP contribution in [0.5, 0.6) is 0 Å². The lowest BCUT2D eigenvalue weighted by molar-refractivity contribution is 0.0177. The first-order valence-corrected chi connectivity index (χ1v) is 8.59. The van der Waals surface area contributed by atoms with E-state index in [2.05, 4.69) is 29.7 Å². The minimum Gasteiger partial charge on any atom is -0.447 e. The van der Waals surface area contributed by atoms with E-state index < -0.39 is 6.09 Å². The fraction of sp³-hybridized carbons (Fsp3) is 0.136. The molecule has 0 atom stereocenters. The van der Waals surface area contributed by atoms with Gasteiger partial charge in [-0.2, -0.15) is 5.48 Å². The topological polar surface area (TPSA) is 47.6 Å². The molecule has 26 heavy (non-hydrogen) atoms. The minimum absolute atomic E-state index is 0.0438. The van der Waals surface area contributed by atoms with Crippen LogP contribution in [0.3, 0.4) is 0 Å². The number of amides is 1. The average Bonchev–Trinajstić information content (AvgIpc) is 3.01. The van der Waals surface area contributed by atoms with Crippen molar-refractivity contribution in [1.82, 2.24) is 5.48 Å². The van der Waals surface area contributed by atoms with Gasteiger partial charge < -0.3 is 4.74 Å². The predicted molar refractivity (Wildman–Crippen MR) is 99.4 cm³/mol. The molecule has 130 valence electrons. The van der Waals surface area contributed by atoms with Crippen LogP contribution in [0.15, 0.2) is 78.9 Å². The summed E-state index contributed by atoms with van der Waals surface area (Å²) >= 11 is 0. The third-order valence-corrected chi connectivity index (χ3v) is 4.58. The molecule has 0 aromatic heterocycles. The van der Waals surface area contributed by atoms with Crippen LogP contribution >= 0.6 is 0 Å². The Morgan fingerprint density at radius 2 is 1.38 bits per heavy atom. The van der Waals surface area contributed by atoms with Gasteiger partial charge in [-0.15, -0.1) is 0 Å². The zero-order chi connectivity index (χ0) is 17.8. The summed E-state index contributed by atoms with van der Waals surface area (Å²) in [5.74, 6) is 0.0438. The van der Waals surface area contributed by atoms with Crippen LogP contribution in [0.4, 0.5) is 4.79 Å². The molecule has 1 N–H and O–H groups in total. The zero-order valence-corrected chi connectivity index (χ0v) is 14.2. The van der Waals surface area contributed by atoms with Gasteiger partial charge in [0.15, 0.2) is 0 Å². The van der Waals surface area contributed by atoms with E-state index in [1.165, 1.54) is 22.3 Å². The lowest BCUT2D eigenvalue weighted by Gasteiger charge is -2.14. The Balaban J connectivity index is 1.36. The maximum absolute atomic E-state index is 12.0. The molecular formula is C22H19NO3. The maximum Gasteiger partial charge on any atom is 0.431 e. The van der Waals surface area contributed by atoms with Crippen molar-refractivity contribution in [3.05, 3.63) is 95.6 Å². The Bertz CT molecular complexity index is 863. The normalized spacial score (nSPS) is 12.3. The smallest absolute Gasteiger partial charge is 0.431 e. The van der Waals surface area contributed by atoms with Crippen LogP contribution in [0.25, 0.3) is 11.1 Å². The number of benzene rings is 3. The Hall–Kier alpha value is -3.11. The van der Waals surface area contributed by atoms with E-state index in [1.807, 2.05) is 54.6 Å². The van der Waals surface area contributed by atoms with Crippen LogP contribution in [-0.2, 0) is 16.2 Å².